The van der Waals surface area contributed by atoms with Gasteiger partial charge in [-0.2, -0.15) is 0 Å². The van der Waals surface area contributed by atoms with E-state index in [9.17, 15) is 9.59 Å². The maximum absolute atomic E-state index is 12.2. The summed E-state index contributed by atoms with van der Waals surface area (Å²) in [5, 5.41) is 9.47. The van der Waals surface area contributed by atoms with Crippen molar-refractivity contribution in [3.05, 3.63) is 51.7 Å². The highest BCUT2D eigenvalue weighted by molar-refractivity contribution is 7.09. The molecule has 7 nitrogen and oxygen atoms in total. The summed E-state index contributed by atoms with van der Waals surface area (Å²) in [5.41, 5.74) is 3.17. The first-order valence-corrected chi connectivity index (χ1v) is 9.30. The number of amides is 1. The Labute approximate surface area is 160 Å². The zero-order chi connectivity index (χ0) is 19.4. The topological polar surface area (TPSA) is 94.3 Å². The molecule has 0 aliphatic rings. The van der Waals surface area contributed by atoms with Gasteiger partial charge in [-0.05, 0) is 32.4 Å². The summed E-state index contributed by atoms with van der Waals surface area (Å²) in [6, 6.07) is 7.35. The number of rotatable bonds is 6. The van der Waals surface area contributed by atoms with Crippen molar-refractivity contribution in [3.63, 3.8) is 0 Å². The fraction of sp³-hybridized carbons (Fsp3) is 0.263. The largest absolute Gasteiger partial charge is 0.452 e. The first-order chi connectivity index (χ1) is 13.0. The molecule has 27 heavy (non-hydrogen) atoms. The van der Waals surface area contributed by atoms with Crippen LogP contribution in [0.4, 0.5) is 5.69 Å². The monoisotopic (exact) mass is 385 g/mol. The zero-order valence-electron chi connectivity index (χ0n) is 15.2. The summed E-state index contributed by atoms with van der Waals surface area (Å²) in [6.45, 7) is 5.04. The molecule has 140 valence electrons. The first kappa shape index (κ1) is 18.8. The van der Waals surface area contributed by atoms with Gasteiger partial charge < -0.3 is 14.6 Å². The van der Waals surface area contributed by atoms with E-state index in [1.165, 1.54) is 0 Å². The average molecular weight is 385 g/mol. The molecule has 1 aromatic carbocycles. The Hall–Kier alpha value is -3.00. The fourth-order valence-corrected chi connectivity index (χ4v) is 3.20. The van der Waals surface area contributed by atoms with Crippen molar-refractivity contribution in [2.75, 3.05) is 11.9 Å². The fourth-order valence-electron chi connectivity index (χ4n) is 2.57. The lowest BCUT2D eigenvalue weighted by Gasteiger charge is -2.08. The molecule has 0 aliphatic carbocycles. The van der Waals surface area contributed by atoms with Gasteiger partial charge in [-0.25, -0.2) is 9.78 Å². The van der Waals surface area contributed by atoms with E-state index in [1.807, 2.05) is 37.4 Å². The number of aryl methyl sites for hydroxylation is 3. The Kier molecular flexibility index (Phi) is 5.66. The molecule has 0 fully saturated rings. The van der Waals surface area contributed by atoms with E-state index in [0.717, 1.165) is 16.3 Å². The normalized spacial score (nSPS) is 10.6. The van der Waals surface area contributed by atoms with Crippen molar-refractivity contribution in [1.29, 1.82) is 0 Å². The molecule has 2 aromatic heterocycles. The second-order valence-corrected chi connectivity index (χ2v) is 6.93. The van der Waals surface area contributed by atoms with Crippen molar-refractivity contribution >= 4 is 28.9 Å². The average Bonchev–Trinajstić information content (AvgIpc) is 3.25. The van der Waals surface area contributed by atoms with Gasteiger partial charge in [0.25, 0.3) is 5.91 Å². The minimum atomic E-state index is -0.618. The summed E-state index contributed by atoms with van der Waals surface area (Å²) in [4.78, 5) is 28.8. The standard InChI is InChI=1S/C19H19N3O4S/c1-4-15-18(11(2)26-22-15)19(24)25-9-17(23)21-14-7-5-6-13(8-14)16-10-27-12(3)20-16/h5-8,10H,4,9H2,1-3H3,(H,21,23). The molecular formula is C19H19N3O4S. The van der Waals surface area contributed by atoms with Crippen molar-refractivity contribution in [1.82, 2.24) is 10.1 Å². The molecule has 1 amide bonds. The van der Waals surface area contributed by atoms with Gasteiger partial charge >= 0.3 is 5.97 Å². The number of thiazole rings is 1. The van der Waals surface area contributed by atoms with Gasteiger partial charge in [0, 0.05) is 16.6 Å². The van der Waals surface area contributed by atoms with Gasteiger partial charge in [-0.15, -0.1) is 11.3 Å². The Morgan fingerprint density at radius 1 is 1.30 bits per heavy atom. The van der Waals surface area contributed by atoms with Crippen molar-refractivity contribution in [2.45, 2.75) is 27.2 Å². The number of anilines is 1. The molecule has 3 rings (SSSR count). The highest BCUT2D eigenvalue weighted by atomic mass is 32.1. The van der Waals surface area contributed by atoms with E-state index in [-0.39, 0.29) is 5.56 Å². The van der Waals surface area contributed by atoms with Crippen LogP contribution in [0, 0.1) is 13.8 Å². The molecule has 1 N–H and O–H groups in total. The highest BCUT2D eigenvalue weighted by Crippen LogP contribution is 2.24. The zero-order valence-corrected chi connectivity index (χ0v) is 16.1. The molecule has 8 heteroatoms. The molecule has 0 aliphatic heterocycles. The number of carbonyl (C=O) groups is 2. The van der Waals surface area contributed by atoms with Gasteiger partial charge in [0.1, 0.15) is 11.3 Å². The molecule has 0 saturated carbocycles. The Morgan fingerprint density at radius 2 is 2.11 bits per heavy atom. The number of hydrogen-bond donors (Lipinski definition) is 1. The third-order valence-corrected chi connectivity index (χ3v) is 4.64. The van der Waals surface area contributed by atoms with Gasteiger partial charge in [-0.1, -0.05) is 24.2 Å². The lowest BCUT2D eigenvalue weighted by Crippen LogP contribution is -2.21. The number of aromatic nitrogens is 2. The van der Waals surface area contributed by atoms with Crippen LogP contribution in [0.3, 0.4) is 0 Å². The smallest absolute Gasteiger partial charge is 0.344 e. The lowest BCUT2D eigenvalue weighted by atomic mass is 10.1. The third-order valence-electron chi connectivity index (χ3n) is 3.87. The molecule has 2 heterocycles. The minimum absolute atomic E-state index is 0.284. The van der Waals surface area contributed by atoms with E-state index >= 15 is 0 Å². The van der Waals surface area contributed by atoms with Crippen LogP contribution in [0.2, 0.25) is 0 Å². The maximum Gasteiger partial charge on any atom is 0.344 e. The summed E-state index contributed by atoms with van der Waals surface area (Å²) in [7, 11) is 0. The van der Waals surface area contributed by atoms with Crippen molar-refractivity contribution in [2.24, 2.45) is 0 Å². The quantitative estimate of drug-likeness (QED) is 0.649. The van der Waals surface area contributed by atoms with E-state index in [0.29, 0.717) is 23.6 Å². The number of ether oxygens (including phenoxy) is 1. The second kappa shape index (κ2) is 8.13. The van der Waals surface area contributed by atoms with E-state index in [1.54, 1.807) is 24.3 Å². The first-order valence-electron chi connectivity index (χ1n) is 8.42. The number of nitrogens with one attached hydrogen (secondary N) is 1. The molecular weight excluding hydrogens is 366 g/mol. The molecule has 0 spiro atoms. The maximum atomic E-state index is 12.2. The predicted octanol–water partition coefficient (Wildman–Crippen LogP) is 3.77. The van der Waals surface area contributed by atoms with Crippen LogP contribution in [0.5, 0.6) is 0 Å². The Balaban J connectivity index is 1.61. The van der Waals surface area contributed by atoms with Crippen LogP contribution in [-0.2, 0) is 16.0 Å². The molecule has 0 bridgehead atoms. The molecule has 0 atom stereocenters. The van der Waals surface area contributed by atoms with Crippen LogP contribution in [0.1, 0.15) is 33.7 Å². The number of hydrogen-bond acceptors (Lipinski definition) is 7. The third kappa shape index (κ3) is 4.40. The van der Waals surface area contributed by atoms with E-state index in [2.05, 4.69) is 15.5 Å². The van der Waals surface area contributed by atoms with Crippen LogP contribution in [-0.4, -0.2) is 28.6 Å². The predicted molar refractivity (Wildman–Crippen MR) is 102 cm³/mol. The van der Waals surface area contributed by atoms with E-state index < -0.39 is 18.5 Å². The summed E-state index contributed by atoms with van der Waals surface area (Å²) in [6.07, 6.45) is 0.539. The van der Waals surface area contributed by atoms with Crippen LogP contribution in [0.15, 0.2) is 34.2 Å². The summed E-state index contributed by atoms with van der Waals surface area (Å²) < 4.78 is 10.1. The second-order valence-electron chi connectivity index (χ2n) is 5.87. The lowest BCUT2D eigenvalue weighted by molar-refractivity contribution is -0.119. The SMILES string of the molecule is CCc1noc(C)c1C(=O)OCC(=O)Nc1cccc(-c2csc(C)n2)c1. The molecule has 0 unspecified atom stereocenters. The van der Waals surface area contributed by atoms with Gasteiger partial charge in [0.15, 0.2) is 6.61 Å². The molecule has 3 aromatic rings. The van der Waals surface area contributed by atoms with E-state index in [4.69, 9.17) is 9.26 Å². The number of nitrogens with zero attached hydrogens (tertiary/aromatic N) is 2. The number of carbonyl (C=O) groups excluding carboxylic acids is 2. The highest BCUT2D eigenvalue weighted by Gasteiger charge is 2.21. The Morgan fingerprint density at radius 3 is 2.81 bits per heavy atom. The number of esters is 1. The molecule has 0 saturated heterocycles. The van der Waals surface area contributed by atoms with Gasteiger partial charge in [0.2, 0.25) is 0 Å². The van der Waals surface area contributed by atoms with Crippen LogP contribution < -0.4 is 5.32 Å². The summed E-state index contributed by atoms with van der Waals surface area (Å²) >= 11 is 1.56. The Bertz CT molecular complexity index is 977. The summed E-state index contributed by atoms with van der Waals surface area (Å²) in [5.74, 6) is -0.668. The van der Waals surface area contributed by atoms with Gasteiger partial charge in [-0.3, -0.25) is 4.79 Å². The van der Waals surface area contributed by atoms with Gasteiger partial charge in [0.05, 0.1) is 16.4 Å². The van der Waals surface area contributed by atoms with Crippen LogP contribution >= 0.6 is 11.3 Å². The molecule has 0 radical (unpaired) electrons. The van der Waals surface area contributed by atoms with Crippen molar-refractivity contribution < 1.29 is 18.8 Å². The number of benzene rings is 1. The van der Waals surface area contributed by atoms with Crippen molar-refractivity contribution in [3.8, 4) is 11.3 Å². The minimum Gasteiger partial charge on any atom is -0.452 e. The van der Waals surface area contributed by atoms with Crippen LogP contribution in [0.25, 0.3) is 11.3 Å².